The molecular weight excluding hydrogens is 194 g/mol. The fraction of sp³-hybridized carbons (Fsp3) is 0.867. The zero-order valence-electron chi connectivity index (χ0n) is 11.0. The van der Waals surface area contributed by atoms with Gasteiger partial charge in [0.1, 0.15) is 0 Å². The standard InChI is InChI=1S/C15H29N/c1-2-3-4-5-6-7-8-9-10-14-11-12-15(16)13-14/h10,15H,2-9,11-13,16H2,1H3. The van der Waals surface area contributed by atoms with Crippen LogP contribution in [0.15, 0.2) is 11.6 Å². The summed E-state index contributed by atoms with van der Waals surface area (Å²) in [5.41, 5.74) is 7.51. The van der Waals surface area contributed by atoms with E-state index in [1.165, 1.54) is 64.2 Å². The first-order valence-electron chi connectivity index (χ1n) is 7.26. The maximum absolute atomic E-state index is 5.88. The van der Waals surface area contributed by atoms with E-state index < -0.39 is 0 Å². The van der Waals surface area contributed by atoms with Gasteiger partial charge in [0, 0.05) is 6.04 Å². The van der Waals surface area contributed by atoms with Crippen molar-refractivity contribution in [1.29, 1.82) is 0 Å². The summed E-state index contributed by atoms with van der Waals surface area (Å²) in [6.45, 7) is 2.28. The van der Waals surface area contributed by atoms with E-state index in [0.717, 1.165) is 6.42 Å². The molecule has 1 aliphatic carbocycles. The Hall–Kier alpha value is -0.300. The van der Waals surface area contributed by atoms with E-state index in [4.69, 9.17) is 5.73 Å². The molecule has 0 heterocycles. The van der Waals surface area contributed by atoms with Gasteiger partial charge in [0.25, 0.3) is 0 Å². The summed E-state index contributed by atoms with van der Waals surface area (Å²) >= 11 is 0. The van der Waals surface area contributed by atoms with Gasteiger partial charge in [0.05, 0.1) is 0 Å². The van der Waals surface area contributed by atoms with Crippen molar-refractivity contribution in [2.24, 2.45) is 5.73 Å². The first kappa shape index (κ1) is 13.8. The van der Waals surface area contributed by atoms with Crippen LogP contribution in [0.3, 0.4) is 0 Å². The van der Waals surface area contributed by atoms with Crippen LogP contribution in [0.1, 0.15) is 77.6 Å². The van der Waals surface area contributed by atoms with E-state index in [0.29, 0.717) is 6.04 Å². The predicted octanol–water partition coefficient (Wildman–Crippen LogP) is 4.56. The Bertz CT molecular complexity index is 196. The van der Waals surface area contributed by atoms with Crippen LogP contribution in [0.4, 0.5) is 0 Å². The zero-order chi connectivity index (χ0) is 11.6. The molecule has 0 bridgehead atoms. The molecule has 1 saturated carbocycles. The van der Waals surface area contributed by atoms with Crippen LogP contribution in [0.2, 0.25) is 0 Å². The summed E-state index contributed by atoms with van der Waals surface area (Å²) in [5.74, 6) is 0. The van der Waals surface area contributed by atoms with E-state index in [2.05, 4.69) is 13.0 Å². The third-order valence-corrected chi connectivity index (χ3v) is 3.60. The lowest BCUT2D eigenvalue weighted by Gasteiger charge is -2.00. The van der Waals surface area contributed by atoms with Gasteiger partial charge in [-0.15, -0.1) is 0 Å². The van der Waals surface area contributed by atoms with Crippen LogP contribution in [0.5, 0.6) is 0 Å². The first-order chi connectivity index (χ1) is 7.83. The summed E-state index contributed by atoms with van der Waals surface area (Å²) in [6, 6.07) is 0.459. The maximum atomic E-state index is 5.88. The molecule has 0 aromatic heterocycles. The largest absolute Gasteiger partial charge is 0.327 e. The van der Waals surface area contributed by atoms with Gasteiger partial charge < -0.3 is 5.73 Å². The molecule has 1 rings (SSSR count). The molecule has 0 radical (unpaired) electrons. The van der Waals surface area contributed by atoms with E-state index >= 15 is 0 Å². The fourth-order valence-electron chi connectivity index (χ4n) is 2.50. The number of hydrogen-bond acceptors (Lipinski definition) is 1. The molecule has 94 valence electrons. The highest BCUT2D eigenvalue weighted by Gasteiger charge is 2.13. The minimum absolute atomic E-state index is 0.459. The predicted molar refractivity (Wildman–Crippen MR) is 72.5 cm³/mol. The minimum atomic E-state index is 0.459. The van der Waals surface area contributed by atoms with Crippen LogP contribution < -0.4 is 5.73 Å². The van der Waals surface area contributed by atoms with Gasteiger partial charge in [-0.05, 0) is 32.1 Å². The summed E-state index contributed by atoms with van der Waals surface area (Å²) < 4.78 is 0. The fourth-order valence-corrected chi connectivity index (χ4v) is 2.50. The monoisotopic (exact) mass is 223 g/mol. The molecular formula is C15H29N. The van der Waals surface area contributed by atoms with Gasteiger partial charge in [-0.25, -0.2) is 0 Å². The number of hydrogen-bond donors (Lipinski definition) is 1. The van der Waals surface area contributed by atoms with Crippen molar-refractivity contribution in [1.82, 2.24) is 0 Å². The van der Waals surface area contributed by atoms with Crippen molar-refractivity contribution in [3.8, 4) is 0 Å². The Balaban J connectivity index is 1.88. The molecule has 0 saturated heterocycles. The van der Waals surface area contributed by atoms with Crippen LogP contribution in [0, 0.1) is 0 Å². The van der Waals surface area contributed by atoms with Crippen molar-refractivity contribution in [3.05, 3.63) is 11.6 Å². The molecule has 0 amide bonds. The average molecular weight is 223 g/mol. The number of nitrogens with two attached hydrogens (primary N) is 1. The maximum Gasteiger partial charge on any atom is 0.00791 e. The first-order valence-corrected chi connectivity index (χ1v) is 7.26. The minimum Gasteiger partial charge on any atom is -0.327 e. The molecule has 1 nitrogen and oxygen atoms in total. The van der Waals surface area contributed by atoms with Gasteiger partial charge in [-0.1, -0.05) is 57.1 Å². The van der Waals surface area contributed by atoms with Crippen LogP contribution in [0.25, 0.3) is 0 Å². The SMILES string of the molecule is CCCCCCCCCC=C1CCC(N)C1. The lowest BCUT2D eigenvalue weighted by molar-refractivity contribution is 0.591. The van der Waals surface area contributed by atoms with Gasteiger partial charge in [-0.3, -0.25) is 0 Å². The summed E-state index contributed by atoms with van der Waals surface area (Å²) in [6.07, 6.45) is 17.3. The topological polar surface area (TPSA) is 26.0 Å². The number of rotatable bonds is 8. The number of allylic oxidation sites excluding steroid dienone is 1. The smallest absolute Gasteiger partial charge is 0.00791 e. The Labute approximate surface area is 101 Å². The van der Waals surface area contributed by atoms with Crippen molar-refractivity contribution in [2.75, 3.05) is 0 Å². The average Bonchev–Trinajstić information content (AvgIpc) is 2.68. The highest BCUT2D eigenvalue weighted by atomic mass is 14.6. The normalized spacial score (nSPS) is 23.1. The van der Waals surface area contributed by atoms with Crippen LogP contribution >= 0.6 is 0 Å². The van der Waals surface area contributed by atoms with E-state index in [1.54, 1.807) is 5.57 Å². The molecule has 0 spiro atoms. The van der Waals surface area contributed by atoms with Gasteiger partial charge in [0.15, 0.2) is 0 Å². The van der Waals surface area contributed by atoms with Crippen molar-refractivity contribution in [2.45, 2.75) is 83.6 Å². The highest BCUT2D eigenvalue weighted by molar-refractivity contribution is 5.09. The second-order valence-electron chi connectivity index (χ2n) is 5.28. The van der Waals surface area contributed by atoms with Gasteiger partial charge in [0.2, 0.25) is 0 Å². The van der Waals surface area contributed by atoms with Gasteiger partial charge in [-0.2, -0.15) is 0 Å². The molecule has 1 unspecified atom stereocenters. The molecule has 16 heavy (non-hydrogen) atoms. The molecule has 1 aliphatic rings. The highest BCUT2D eigenvalue weighted by Crippen LogP contribution is 2.23. The third kappa shape index (κ3) is 6.32. The van der Waals surface area contributed by atoms with Crippen molar-refractivity contribution in [3.63, 3.8) is 0 Å². The Kier molecular flexibility index (Phi) is 7.58. The lowest BCUT2D eigenvalue weighted by atomic mass is 10.1. The molecule has 0 aromatic rings. The summed E-state index contributed by atoms with van der Waals surface area (Å²) in [7, 11) is 0. The van der Waals surface area contributed by atoms with Crippen molar-refractivity contribution >= 4 is 0 Å². The summed E-state index contributed by atoms with van der Waals surface area (Å²) in [4.78, 5) is 0. The third-order valence-electron chi connectivity index (χ3n) is 3.60. The van der Waals surface area contributed by atoms with Crippen molar-refractivity contribution < 1.29 is 0 Å². The molecule has 0 aromatic carbocycles. The quantitative estimate of drug-likeness (QED) is 0.473. The Morgan fingerprint density at radius 1 is 1.12 bits per heavy atom. The van der Waals surface area contributed by atoms with Gasteiger partial charge >= 0.3 is 0 Å². The zero-order valence-corrected chi connectivity index (χ0v) is 11.0. The van der Waals surface area contributed by atoms with E-state index in [9.17, 15) is 0 Å². The van der Waals surface area contributed by atoms with Crippen LogP contribution in [-0.4, -0.2) is 6.04 Å². The molecule has 1 atom stereocenters. The second-order valence-corrected chi connectivity index (χ2v) is 5.28. The van der Waals surface area contributed by atoms with E-state index in [-0.39, 0.29) is 0 Å². The number of unbranched alkanes of at least 4 members (excludes halogenated alkanes) is 7. The summed E-state index contributed by atoms with van der Waals surface area (Å²) in [5, 5.41) is 0. The van der Waals surface area contributed by atoms with Crippen LogP contribution in [-0.2, 0) is 0 Å². The molecule has 1 heteroatoms. The lowest BCUT2D eigenvalue weighted by Crippen LogP contribution is -2.13. The Morgan fingerprint density at radius 3 is 2.44 bits per heavy atom. The molecule has 0 aliphatic heterocycles. The molecule has 1 fully saturated rings. The molecule has 2 N–H and O–H groups in total. The van der Waals surface area contributed by atoms with E-state index in [1.807, 2.05) is 0 Å². The second kappa shape index (κ2) is 8.81. The Morgan fingerprint density at radius 2 is 1.81 bits per heavy atom.